The third-order valence-corrected chi connectivity index (χ3v) is 5.09. The molecule has 0 spiro atoms. The molecule has 0 aromatic heterocycles. The zero-order chi connectivity index (χ0) is 17.1. The molecule has 2 unspecified atom stereocenters. The van der Waals surface area contributed by atoms with Crippen molar-refractivity contribution < 1.29 is 19.4 Å². The molecule has 3 rings (SSSR count). The summed E-state index contributed by atoms with van der Waals surface area (Å²) >= 11 is 0. The van der Waals surface area contributed by atoms with Crippen molar-refractivity contribution in [1.82, 2.24) is 4.90 Å². The van der Waals surface area contributed by atoms with Crippen molar-refractivity contribution >= 4 is 17.7 Å². The second kappa shape index (κ2) is 7.21. The van der Waals surface area contributed by atoms with Crippen LogP contribution in [0.2, 0.25) is 0 Å². The predicted molar refractivity (Wildman–Crippen MR) is 89.8 cm³/mol. The molecule has 1 N–H and O–H groups in total. The Morgan fingerprint density at radius 1 is 1.33 bits per heavy atom. The Balaban J connectivity index is 1.68. The molecule has 130 valence electrons. The van der Waals surface area contributed by atoms with Crippen molar-refractivity contribution in [2.24, 2.45) is 5.92 Å². The number of hydrogen-bond donors (Lipinski definition) is 1. The van der Waals surface area contributed by atoms with Gasteiger partial charge in [-0.25, -0.2) is 4.79 Å². The van der Waals surface area contributed by atoms with E-state index >= 15 is 0 Å². The van der Waals surface area contributed by atoms with E-state index in [1.165, 1.54) is 7.11 Å². The minimum absolute atomic E-state index is 0.0282. The first-order chi connectivity index (χ1) is 11.6. The van der Waals surface area contributed by atoms with Crippen LogP contribution in [-0.4, -0.2) is 54.9 Å². The molecular weight excluding hydrogens is 308 g/mol. The van der Waals surface area contributed by atoms with Gasteiger partial charge in [-0.15, -0.1) is 0 Å². The van der Waals surface area contributed by atoms with Gasteiger partial charge in [0.2, 0.25) is 0 Å². The lowest BCUT2D eigenvalue weighted by atomic mass is 9.91. The van der Waals surface area contributed by atoms with Gasteiger partial charge in [-0.2, -0.15) is 0 Å². The fourth-order valence-electron chi connectivity index (χ4n) is 3.66. The van der Waals surface area contributed by atoms with Gasteiger partial charge in [0.05, 0.1) is 13.2 Å². The Kier molecular flexibility index (Phi) is 5.04. The Morgan fingerprint density at radius 3 is 2.75 bits per heavy atom. The molecule has 2 atom stereocenters. The molecule has 1 aromatic carbocycles. The number of hydrogen-bond acceptors (Lipinski definition) is 4. The standard InChI is InChI=1S/C18H24N2O4/c1-24-17(22)9-6-13-4-7-15(8-5-13)20-11-16-14(12-21)3-2-10-19(16)18(20)23/h4-5,7-8,14,16,21H,2-3,6,9-12H2,1H3. The lowest BCUT2D eigenvalue weighted by molar-refractivity contribution is -0.140. The zero-order valence-corrected chi connectivity index (χ0v) is 14.0. The molecule has 2 saturated heterocycles. The van der Waals surface area contributed by atoms with E-state index < -0.39 is 0 Å². The lowest BCUT2D eigenvalue weighted by Crippen LogP contribution is -2.44. The van der Waals surface area contributed by atoms with E-state index in [0.717, 1.165) is 30.6 Å². The number of esters is 1. The summed E-state index contributed by atoms with van der Waals surface area (Å²) in [6, 6.07) is 7.89. The average molecular weight is 332 g/mol. The molecule has 6 heteroatoms. The summed E-state index contributed by atoms with van der Waals surface area (Å²) in [5.74, 6) is -0.0484. The topological polar surface area (TPSA) is 70.1 Å². The Morgan fingerprint density at radius 2 is 2.08 bits per heavy atom. The van der Waals surface area contributed by atoms with E-state index in [9.17, 15) is 14.7 Å². The van der Waals surface area contributed by atoms with Crippen LogP contribution in [0.5, 0.6) is 0 Å². The number of aryl methyl sites for hydroxylation is 1. The van der Waals surface area contributed by atoms with Gasteiger partial charge in [-0.1, -0.05) is 12.1 Å². The van der Waals surface area contributed by atoms with Gasteiger partial charge in [-0.05, 0) is 37.0 Å². The minimum Gasteiger partial charge on any atom is -0.469 e. The van der Waals surface area contributed by atoms with E-state index in [1.807, 2.05) is 29.2 Å². The fraction of sp³-hybridized carbons (Fsp3) is 0.556. The zero-order valence-electron chi connectivity index (χ0n) is 14.0. The highest BCUT2D eigenvalue weighted by molar-refractivity contribution is 5.94. The summed E-state index contributed by atoms with van der Waals surface area (Å²) in [4.78, 5) is 27.5. The summed E-state index contributed by atoms with van der Waals surface area (Å²) in [6.45, 7) is 1.54. The van der Waals surface area contributed by atoms with Crippen molar-refractivity contribution in [2.75, 3.05) is 31.7 Å². The molecule has 0 aliphatic carbocycles. The number of rotatable bonds is 5. The highest BCUT2D eigenvalue weighted by Crippen LogP contribution is 2.32. The molecule has 24 heavy (non-hydrogen) atoms. The van der Waals surface area contributed by atoms with Crippen LogP contribution < -0.4 is 4.90 Å². The van der Waals surface area contributed by atoms with Crippen molar-refractivity contribution in [3.63, 3.8) is 0 Å². The van der Waals surface area contributed by atoms with Gasteiger partial charge in [0, 0.05) is 37.7 Å². The maximum absolute atomic E-state index is 12.6. The van der Waals surface area contributed by atoms with Gasteiger partial charge in [0.15, 0.2) is 0 Å². The summed E-state index contributed by atoms with van der Waals surface area (Å²) in [5.41, 5.74) is 1.91. The van der Waals surface area contributed by atoms with Gasteiger partial charge in [0.1, 0.15) is 0 Å². The van der Waals surface area contributed by atoms with Crippen LogP contribution in [0.4, 0.5) is 10.5 Å². The van der Waals surface area contributed by atoms with Gasteiger partial charge < -0.3 is 14.7 Å². The van der Waals surface area contributed by atoms with E-state index in [2.05, 4.69) is 4.74 Å². The number of urea groups is 1. The molecular formula is C18H24N2O4. The molecule has 2 fully saturated rings. The molecule has 1 aromatic rings. The molecule has 2 aliphatic heterocycles. The van der Waals surface area contributed by atoms with Gasteiger partial charge in [0.25, 0.3) is 0 Å². The third-order valence-electron chi connectivity index (χ3n) is 5.09. The first kappa shape index (κ1) is 16.8. The van der Waals surface area contributed by atoms with E-state index in [-0.39, 0.29) is 30.6 Å². The second-order valence-corrected chi connectivity index (χ2v) is 6.48. The monoisotopic (exact) mass is 332 g/mol. The molecule has 2 aliphatic rings. The van der Waals surface area contributed by atoms with Gasteiger partial charge >= 0.3 is 12.0 Å². The third kappa shape index (κ3) is 3.24. The molecule has 0 bridgehead atoms. The number of carbonyl (C=O) groups excluding carboxylic acids is 2. The number of anilines is 1. The largest absolute Gasteiger partial charge is 0.469 e. The summed E-state index contributed by atoms with van der Waals surface area (Å²) in [5, 5.41) is 9.55. The number of amides is 2. The van der Waals surface area contributed by atoms with Crippen LogP contribution in [-0.2, 0) is 16.0 Å². The van der Waals surface area contributed by atoms with Crippen molar-refractivity contribution in [2.45, 2.75) is 31.7 Å². The maximum atomic E-state index is 12.6. The van der Waals surface area contributed by atoms with Crippen LogP contribution in [0.1, 0.15) is 24.8 Å². The number of benzene rings is 1. The maximum Gasteiger partial charge on any atom is 0.324 e. The molecule has 0 saturated carbocycles. The Hall–Kier alpha value is -2.08. The quantitative estimate of drug-likeness (QED) is 0.835. The number of aliphatic hydroxyl groups is 1. The number of nitrogens with zero attached hydrogens (tertiary/aromatic N) is 2. The van der Waals surface area contributed by atoms with Crippen LogP contribution in [0, 0.1) is 5.92 Å². The number of ether oxygens (including phenoxy) is 1. The number of methoxy groups -OCH3 is 1. The Labute approximate surface area is 142 Å². The Bertz CT molecular complexity index is 602. The van der Waals surface area contributed by atoms with Crippen LogP contribution in [0.15, 0.2) is 24.3 Å². The van der Waals surface area contributed by atoms with E-state index in [1.54, 1.807) is 4.90 Å². The number of carbonyl (C=O) groups is 2. The lowest BCUT2D eigenvalue weighted by Gasteiger charge is -2.34. The number of piperidine rings is 1. The highest BCUT2D eigenvalue weighted by Gasteiger charge is 2.43. The average Bonchev–Trinajstić information content (AvgIpc) is 2.97. The van der Waals surface area contributed by atoms with E-state index in [4.69, 9.17) is 0 Å². The molecule has 0 radical (unpaired) electrons. The summed E-state index contributed by atoms with van der Waals surface area (Å²) in [7, 11) is 1.39. The predicted octanol–water partition coefficient (Wildman–Crippen LogP) is 1.81. The summed E-state index contributed by atoms with van der Waals surface area (Å²) < 4.78 is 4.65. The first-order valence-corrected chi connectivity index (χ1v) is 8.48. The molecule has 2 heterocycles. The highest BCUT2D eigenvalue weighted by atomic mass is 16.5. The van der Waals surface area contributed by atoms with Crippen LogP contribution in [0.3, 0.4) is 0 Å². The molecule has 2 amide bonds. The van der Waals surface area contributed by atoms with E-state index in [0.29, 0.717) is 19.4 Å². The van der Waals surface area contributed by atoms with Crippen LogP contribution in [0.25, 0.3) is 0 Å². The van der Waals surface area contributed by atoms with Gasteiger partial charge in [-0.3, -0.25) is 9.69 Å². The van der Waals surface area contributed by atoms with Crippen molar-refractivity contribution in [3.8, 4) is 0 Å². The fourth-order valence-corrected chi connectivity index (χ4v) is 3.66. The van der Waals surface area contributed by atoms with Crippen LogP contribution >= 0.6 is 0 Å². The minimum atomic E-state index is -0.222. The van der Waals surface area contributed by atoms with Crippen molar-refractivity contribution in [1.29, 1.82) is 0 Å². The normalized spacial score (nSPS) is 23.3. The smallest absolute Gasteiger partial charge is 0.324 e. The number of aliphatic hydroxyl groups excluding tert-OH is 1. The SMILES string of the molecule is COC(=O)CCc1ccc(N2CC3C(CO)CCCN3C2=O)cc1. The van der Waals surface area contributed by atoms with Crippen molar-refractivity contribution in [3.05, 3.63) is 29.8 Å². The first-order valence-electron chi connectivity index (χ1n) is 8.48. The summed E-state index contributed by atoms with van der Waals surface area (Å²) in [6.07, 6.45) is 2.91. The number of fused-ring (bicyclic) bond motifs is 1. The second-order valence-electron chi connectivity index (χ2n) is 6.48. The molecule has 6 nitrogen and oxygen atoms in total.